The van der Waals surface area contributed by atoms with Crippen molar-refractivity contribution in [1.29, 1.82) is 0 Å². The van der Waals surface area contributed by atoms with Crippen LogP contribution in [0.2, 0.25) is 0 Å². The summed E-state index contributed by atoms with van der Waals surface area (Å²) in [6.45, 7) is 14.6. The van der Waals surface area contributed by atoms with Gasteiger partial charge in [-0.3, -0.25) is 18.8 Å². The summed E-state index contributed by atoms with van der Waals surface area (Å²) in [6, 6.07) is 0. The van der Waals surface area contributed by atoms with Crippen LogP contribution in [-0.4, -0.2) is 99.6 Å². The Morgan fingerprint density at radius 3 is 1.12 bits per heavy atom. The fraction of sp³-hybridized carbons (Fsp3) is 0.923. The van der Waals surface area contributed by atoms with Crippen LogP contribution in [0.15, 0.2) is 0 Å². The first-order valence-corrected chi connectivity index (χ1v) is 17.8. The molecule has 0 bridgehead atoms. The number of hydrogen-bond donors (Lipinski definition) is 0. The van der Waals surface area contributed by atoms with Crippen LogP contribution < -0.4 is 0 Å². The summed E-state index contributed by atoms with van der Waals surface area (Å²) in [5.74, 6) is -2.53. The van der Waals surface area contributed by atoms with Crippen molar-refractivity contribution in [3.05, 3.63) is 0 Å². The summed E-state index contributed by atoms with van der Waals surface area (Å²) < 4.78 is 57.7. The van der Waals surface area contributed by atoms with Gasteiger partial charge in [0.05, 0.1) is 39.6 Å². The minimum atomic E-state index is -3.44. The van der Waals surface area contributed by atoms with Crippen molar-refractivity contribution in [2.24, 2.45) is 0 Å². The second kappa shape index (κ2) is 21.7. The molecule has 0 aromatic rings. The van der Waals surface area contributed by atoms with Crippen molar-refractivity contribution in [2.45, 2.75) is 105 Å². The van der Waals surface area contributed by atoms with E-state index in [1.807, 2.05) is 0 Å². The van der Waals surface area contributed by atoms with E-state index in [4.69, 9.17) is 37.2 Å². The zero-order chi connectivity index (χ0) is 32.3. The highest BCUT2D eigenvalue weighted by Crippen LogP contribution is 2.54. The number of unbranched alkanes of at least 4 members (excludes halogenated alkanes) is 3. The van der Waals surface area contributed by atoms with E-state index in [-0.39, 0.29) is 39.6 Å². The van der Waals surface area contributed by atoms with Crippen molar-refractivity contribution < 1.29 is 56.0 Å². The first kappa shape index (κ1) is 41.1. The van der Waals surface area contributed by atoms with Crippen molar-refractivity contribution in [3.8, 4) is 0 Å². The Morgan fingerprint density at radius 2 is 0.857 bits per heavy atom. The molecule has 0 radical (unpaired) electrons. The average Bonchev–Trinajstić information content (AvgIpc) is 2.93. The summed E-state index contributed by atoms with van der Waals surface area (Å²) in [5, 5.41) is 2.59. The molecule has 0 aromatic heterocycles. The SMILES string of the molecule is CCOP(=O)(OCC)C(C)N(C)OC(C)C(=O)OCCCCCCOC(=O)C(C)ON(C)C(C)P(=O)(OCC)OCC. The zero-order valence-corrected chi connectivity index (χ0v) is 28.9. The van der Waals surface area contributed by atoms with Crippen molar-refractivity contribution in [2.75, 3.05) is 53.7 Å². The molecule has 0 saturated heterocycles. The number of hydrogen-bond acceptors (Lipinski definition) is 14. The molecule has 0 heterocycles. The first-order valence-electron chi connectivity index (χ1n) is 14.6. The van der Waals surface area contributed by atoms with Gasteiger partial charge in [0.15, 0.2) is 12.2 Å². The normalized spacial score (nSPS) is 15.4. The molecule has 16 heteroatoms. The van der Waals surface area contributed by atoms with Gasteiger partial charge in [-0.2, -0.15) is 10.1 Å². The third-order valence-electron chi connectivity index (χ3n) is 6.04. The molecule has 0 aliphatic heterocycles. The van der Waals surface area contributed by atoms with Crippen molar-refractivity contribution >= 4 is 27.1 Å². The topological polar surface area (TPSA) is 149 Å². The highest BCUT2D eigenvalue weighted by Gasteiger charge is 2.38. The lowest BCUT2D eigenvalue weighted by Crippen LogP contribution is -2.37. The number of rotatable bonds is 25. The average molecular weight is 649 g/mol. The Morgan fingerprint density at radius 1 is 0.571 bits per heavy atom. The molecule has 0 aliphatic carbocycles. The van der Waals surface area contributed by atoms with Crippen LogP contribution in [0.3, 0.4) is 0 Å². The highest BCUT2D eigenvalue weighted by atomic mass is 31.2. The highest BCUT2D eigenvalue weighted by molar-refractivity contribution is 7.54. The lowest BCUT2D eigenvalue weighted by Gasteiger charge is -2.31. The van der Waals surface area contributed by atoms with Crippen LogP contribution in [0.4, 0.5) is 0 Å². The smallest absolute Gasteiger partial charge is 0.349 e. The van der Waals surface area contributed by atoms with Crippen LogP contribution in [0.25, 0.3) is 0 Å². The molecule has 14 nitrogen and oxygen atoms in total. The molecule has 0 spiro atoms. The Kier molecular flexibility index (Phi) is 21.2. The van der Waals surface area contributed by atoms with Crippen LogP contribution in [0.1, 0.15) is 81.1 Å². The van der Waals surface area contributed by atoms with Crippen LogP contribution in [-0.2, 0) is 56.0 Å². The van der Waals surface area contributed by atoms with Crippen LogP contribution >= 0.6 is 15.2 Å². The number of hydroxylamine groups is 4. The Balaban J connectivity index is 4.29. The zero-order valence-electron chi connectivity index (χ0n) is 27.1. The van der Waals surface area contributed by atoms with Gasteiger partial charge in [-0.15, -0.1) is 0 Å². The number of ether oxygens (including phenoxy) is 2. The van der Waals surface area contributed by atoms with E-state index < -0.39 is 50.9 Å². The molecule has 42 heavy (non-hydrogen) atoms. The Labute approximate surface area is 251 Å². The largest absolute Gasteiger partial charge is 0.464 e. The van der Waals surface area contributed by atoms with Gasteiger partial charge < -0.3 is 27.6 Å². The monoisotopic (exact) mass is 648 g/mol. The number of esters is 2. The van der Waals surface area contributed by atoms with Crippen molar-refractivity contribution in [3.63, 3.8) is 0 Å². The molecule has 0 aliphatic rings. The van der Waals surface area contributed by atoms with Gasteiger partial charge >= 0.3 is 27.1 Å². The molecule has 0 N–H and O–H groups in total. The molecule has 250 valence electrons. The summed E-state index contributed by atoms with van der Waals surface area (Å²) >= 11 is 0. The fourth-order valence-electron chi connectivity index (χ4n) is 3.52. The summed E-state index contributed by atoms with van der Waals surface area (Å²) in [7, 11) is -3.76. The number of carbonyl (C=O) groups is 2. The molecule has 0 saturated carbocycles. The maximum atomic E-state index is 12.9. The molecule has 4 atom stereocenters. The maximum Gasteiger partial charge on any atom is 0.349 e. The van der Waals surface area contributed by atoms with E-state index in [9.17, 15) is 18.7 Å². The van der Waals surface area contributed by atoms with Crippen LogP contribution in [0, 0.1) is 0 Å². The molecule has 0 amide bonds. The Bertz CT molecular complexity index is 777. The lowest BCUT2D eigenvalue weighted by atomic mass is 10.2. The summed E-state index contributed by atoms with van der Waals surface area (Å²) in [4.78, 5) is 35.8. The van der Waals surface area contributed by atoms with Crippen molar-refractivity contribution in [1.82, 2.24) is 10.1 Å². The number of nitrogens with zero attached hydrogens (tertiary/aromatic N) is 2. The molecular formula is C26H54N2O12P2. The Hall–Kier alpha value is -0.920. The van der Waals surface area contributed by atoms with E-state index in [2.05, 4.69) is 0 Å². The predicted molar refractivity (Wildman–Crippen MR) is 158 cm³/mol. The fourth-order valence-corrected chi connectivity index (χ4v) is 6.88. The molecule has 4 unspecified atom stereocenters. The minimum absolute atomic E-state index is 0.213. The third kappa shape index (κ3) is 14.7. The maximum absolute atomic E-state index is 12.9. The van der Waals surface area contributed by atoms with Gasteiger partial charge in [0, 0.05) is 14.1 Å². The summed E-state index contributed by atoms with van der Waals surface area (Å²) in [6.07, 6.45) is 0.961. The number of carbonyl (C=O) groups excluding carboxylic acids is 2. The molecule has 0 fully saturated rings. The third-order valence-corrected chi connectivity index (χ3v) is 11.0. The standard InChI is InChI=1S/C26H54N2O12P2/c1-11-35-41(31,36-12-2)23(7)27(9)39-21(5)25(29)33-19-17-15-16-18-20-34-26(30)22(6)40-28(10)24(8)42(32,37-13-3)38-14-4/h21-24H,11-20H2,1-10H3. The second-order valence-corrected chi connectivity index (χ2v) is 14.0. The van der Waals surface area contributed by atoms with Gasteiger partial charge in [0.25, 0.3) is 0 Å². The lowest BCUT2D eigenvalue weighted by molar-refractivity contribution is -0.205. The first-order chi connectivity index (χ1) is 19.7. The van der Waals surface area contributed by atoms with Gasteiger partial charge in [0.2, 0.25) is 0 Å². The van der Waals surface area contributed by atoms with Gasteiger partial charge in [-0.25, -0.2) is 9.59 Å². The molecular weight excluding hydrogens is 594 g/mol. The van der Waals surface area contributed by atoms with E-state index >= 15 is 0 Å². The van der Waals surface area contributed by atoms with Gasteiger partial charge in [0.1, 0.15) is 11.6 Å². The second-order valence-electron chi connectivity index (χ2n) is 9.35. The van der Waals surface area contributed by atoms with Crippen LogP contribution in [0.5, 0.6) is 0 Å². The van der Waals surface area contributed by atoms with E-state index in [1.165, 1.54) is 10.1 Å². The molecule has 0 aromatic carbocycles. The van der Waals surface area contributed by atoms with Gasteiger partial charge in [-0.05, 0) is 81.1 Å². The quantitative estimate of drug-likeness (QED) is 0.0541. The van der Waals surface area contributed by atoms with E-state index in [0.717, 1.165) is 12.8 Å². The minimum Gasteiger partial charge on any atom is -0.464 e. The van der Waals surface area contributed by atoms with E-state index in [1.54, 1.807) is 69.5 Å². The predicted octanol–water partition coefficient (Wildman–Crippen LogP) is 5.36. The van der Waals surface area contributed by atoms with Gasteiger partial charge in [-0.1, -0.05) is 0 Å². The van der Waals surface area contributed by atoms with E-state index in [0.29, 0.717) is 12.8 Å². The molecule has 0 rings (SSSR count). The summed E-state index contributed by atoms with van der Waals surface area (Å²) in [5.41, 5.74) is 0.